The minimum absolute atomic E-state index is 0.574. The molecule has 1 atom stereocenters. The van der Waals surface area contributed by atoms with Gasteiger partial charge in [-0.2, -0.15) is 11.8 Å². The van der Waals surface area contributed by atoms with Crippen molar-refractivity contribution in [3.05, 3.63) is 0 Å². The third kappa shape index (κ3) is 4.33. The van der Waals surface area contributed by atoms with Crippen LogP contribution in [0, 0.1) is 0 Å². The van der Waals surface area contributed by atoms with E-state index in [0.29, 0.717) is 6.04 Å². The molecule has 1 aliphatic rings. The van der Waals surface area contributed by atoms with Gasteiger partial charge in [0, 0.05) is 18.6 Å². The van der Waals surface area contributed by atoms with E-state index in [1.165, 1.54) is 31.4 Å². The first kappa shape index (κ1) is 10.4. The van der Waals surface area contributed by atoms with Crippen molar-refractivity contribution in [1.29, 1.82) is 0 Å². The molecule has 0 heterocycles. The lowest BCUT2D eigenvalue weighted by molar-refractivity contribution is 0.482. The van der Waals surface area contributed by atoms with Crippen molar-refractivity contribution < 1.29 is 0 Å². The van der Waals surface area contributed by atoms with Crippen LogP contribution in [0.5, 0.6) is 0 Å². The Morgan fingerprint density at radius 3 is 2.83 bits per heavy atom. The molecule has 0 aromatic rings. The summed E-state index contributed by atoms with van der Waals surface area (Å²) < 4.78 is 0. The van der Waals surface area contributed by atoms with E-state index in [4.69, 9.17) is 5.73 Å². The minimum Gasteiger partial charge on any atom is -0.329 e. The number of hydrogen-bond acceptors (Lipinski definition) is 3. The normalized spacial score (nSPS) is 19.5. The molecular weight excluding hydrogens is 168 g/mol. The number of nitrogens with one attached hydrogen (secondary N) is 1. The maximum atomic E-state index is 5.66. The molecule has 0 amide bonds. The third-order valence-electron chi connectivity index (χ3n) is 2.23. The Labute approximate surface area is 79.7 Å². The molecule has 0 aromatic carbocycles. The van der Waals surface area contributed by atoms with Crippen molar-refractivity contribution in [2.45, 2.75) is 37.8 Å². The molecule has 0 aliphatic heterocycles. The highest BCUT2D eigenvalue weighted by Crippen LogP contribution is 2.20. The summed E-state index contributed by atoms with van der Waals surface area (Å²) in [6, 6.07) is 1.37. The van der Waals surface area contributed by atoms with Crippen LogP contribution in [0.2, 0.25) is 0 Å². The lowest BCUT2D eigenvalue weighted by Gasteiger charge is -2.15. The Kier molecular flexibility index (Phi) is 5.04. The van der Waals surface area contributed by atoms with Crippen LogP contribution in [0.3, 0.4) is 0 Å². The smallest absolute Gasteiger partial charge is 0.0193 e. The van der Waals surface area contributed by atoms with Crippen LogP contribution in [0.1, 0.15) is 25.7 Å². The summed E-state index contributed by atoms with van der Waals surface area (Å²) in [5, 5.41) is 3.57. The fourth-order valence-corrected chi connectivity index (χ4v) is 1.78. The first-order valence-electron chi connectivity index (χ1n) is 4.82. The Hall–Kier alpha value is 0.270. The van der Waals surface area contributed by atoms with Gasteiger partial charge in [0.25, 0.3) is 0 Å². The van der Waals surface area contributed by atoms with Crippen molar-refractivity contribution >= 4 is 11.8 Å². The topological polar surface area (TPSA) is 38.0 Å². The van der Waals surface area contributed by atoms with Crippen LogP contribution in [0.4, 0.5) is 0 Å². The highest BCUT2D eigenvalue weighted by atomic mass is 32.2. The SMILES string of the molecule is CSCCCC(CN)NC1CC1. The van der Waals surface area contributed by atoms with Crippen molar-refractivity contribution in [3.8, 4) is 0 Å². The summed E-state index contributed by atoms with van der Waals surface area (Å²) in [6.45, 7) is 0.797. The Bertz CT molecular complexity index is 115. The summed E-state index contributed by atoms with van der Waals surface area (Å²) in [6.07, 6.45) is 7.42. The van der Waals surface area contributed by atoms with E-state index in [1.807, 2.05) is 11.8 Å². The van der Waals surface area contributed by atoms with Crippen LogP contribution < -0.4 is 11.1 Å². The van der Waals surface area contributed by atoms with Gasteiger partial charge in [-0.3, -0.25) is 0 Å². The van der Waals surface area contributed by atoms with Gasteiger partial charge < -0.3 is 11.1 Å². The first-order valence-corrected chi connectivity index (χ1v) is 6.21. The zero-order valence-electron chi connectivity index (χ0n) is 7.88. The molecule has 1 fully saturated rings. The predicted molar refractivity (Wildman–Crippen MR) is 56.6 cm³/mol. The quantitative estimate of drug-likeness (QED) is 0.590. The fourth-order valence-electron chi connectivity index (χ4n) is 1.33. The third-order valence-corrected chi connectivity index (χ3v) is 2.93. The highest BCUT2D eigenvalue weighted by molar-refractivity contribution is 7.98. The van der Waals surface area contributed by atoms with E-state index < -0.39 is 0 Å². The zero-order valence-corrected chi connectivity index (χ0v) is 8.70. The lowest BCUT2D eigenvalue weighted by Crippen LogP contribution is -2.37. The number of nitrogens with two attached hydrogens (primary N) is 1. The maximum absolute atomic E-state index is 5.66. The van der Waals surface area contributed by atoms with Crippen LogP contribution in [-0.2, 0) is 0 Å². The molecule has 1 aliphatic carbocycles. The summed E-state index contributed by atoms with van der Waals surface area (Å²) in [5.74, 6) is 1.27. The fraction of sp³-hybridized carbons (Fsp3) is 1.00. The minimum atomic E-state index is 0.574. The maximum Gasteiger partial charge on any atom is 0.0193 e. The lowest BCUT2D eigenvalue weighted by atomic mass is 10.1. The molecule has 12 heavy (non-hydrogen) atoms. The Morgan fingerprint density at radius 1 is 1.58 bits per heavy atom. The van der Waals surface area contributed by atoms with Gasteiger partial charge in [-0.1, -0.05) is 0 Å². The molecule has 3 heteroatoms. The van der Waals surface area contributed by atoms with Gasteiger partial charge in [-0.15, -0.1) is 0 Å². The van der Waals surface area contributed by atoms with Gasteiger partial charge in [-0.05, 0) is 37.7 Å². The summed E-state index contributed by atoms with van der Waals surface area (Å²) in [5.41, 5.74) is 5.66. The molecule has 0 spiro atoms. The second-order valence-electron chi connectivity index (χ2n) is 3.51. The predicted octanol–water partition coefficient (Wildman–Crippen LogP) is 1.21. The first-order chi connectivity index (χ1) is 5.86. The molecule has 0 saturated heterocycles. The van der Waals surface area contributed by atoms with E-state index in [9.17, 15) is 0 Å². The van der Waals surface area contributed by atoms with E-state index in [1.54, 1.807) is 0 Å². The van der Waals surface area contributed by atoms with Crippen molar-refractivity contribution in [2.75, 3.05) is 18.6 Å². The van der Waals surface area contributed by atoms with Crippen LogP contribution in [0.15, 0.2) is 0 Å². The standard InChI is InChI=1S/C9H20N2S/c1-12-6-2-3-9(7-10)11-8-4-5-8/h8-9,11H,2-7,10H2,1H3. The summed E-state index contributed by atoms with van der Waals surface area (Å²) >= 11 is 1.92. The molecule has 0 radical (unpaired) electrons. The van der Waals surface area contributed by atoms with Gasteiger partial charge in [-0.25, -0.2) is 0 Å². The summed E-state index contributed by atoms with van der Waals surface area (Å²) in [7, 11) is 0. The second-order valence-corrected chi connectivity index (χ2v) is 4.49. The van der Waals surface area contributed by atoms with Crippen molar-refractivity contribution in [1.82, 2.24) is 5.32 Å². The van der Waals surface area contributed by atoms with Gasteiger partial charge in [0.05, 0.1) is 0 Å². The van der Waals surface area contributed by atoms with Gasteiger partial charge in [0.2, 0.25) is 0 Å². The van der Waals surface area contributed by atoms with Gasteiger partial charge in [0.1, 0.15) is 0 Å². The van der Waals surface area contributed by atoms with Crippen LogP contribution in [0.25, 0.3) is 0 Å². The average Bonchev–Trinajstić information content (AvgIpc) is 2.87. The monoisotopic (exact) mass is 188 g/mol. The molecule has 1 saturated carbocycles. The molecule has 0 bridgehead atoms. The molecule has 3 N–H and O–H groups in total. The van der Waals surface area contributed by atoms with E-state index in [2.05, 4.69) is 11.6 Å². The Balaban J connectivity index is 1.98. The summed E-state index contributed by atoms with van der Waals surface area (Å²) in [4.78, 5) is 0. The molecule has 0 aromatic heterocycles. The number of rotatable bonds is 7. The van der Waals surface area contributed by atoms with E-state index in [-0.39, 0.29) is 0 Å². The van der Waals surface area contributed by atoms with Crippen LogP contribution in [-0.4, -0.2) is 30.6 Å². The molecule has 1 unspecified atom stereocenters. The van der Waals surface area contributed by atoms with E-state index in [0.717, 1.165) is 12.6 Å². The highest BCUT2D eigenvalue weighted by Gasteiger charge is 2.23. The molecule has 1 rings (SSSR count). The number of thioether (sulfide) groups is 1. The molecular formula is C9H20N2S. The van der Waals surface area contributed by atoms with Crippen molar-refractivity contribution in [3.63, 3.8) is 0 Å². The molecule has 2 nitrogen and oxygen atoms in total. The van der Waals surface area contributed by atoms with Gasteiger partial charge >= 0.3 is 0 Å². The van der Waals surface area contributed by atoms with Gasteiger partial charge in [0.15, 0.2) is 0 Å². The molecule has 72 valence electrons. The van der Waals surface area contributed by atoms with E-state index >= 15 is 0 Å². The Morgan fingerprint density at radius 2 is 2.33 bits per heavy atom. The second kappa shape index (κ2) is 5.84. The van der Waals surface area contributed by atoms with Crippen LogP contribution >= 0.6 is 11.8 Å². The largest absolute Gasteiger partial charge is 0.329 e. The zero-order chi connectivity index (χ0) is 8.81. The average molecular weight is 188 g/mol. The number of hydrogen-bond donors (Lipinski definition) is 2. The van der Waals surface area contributed by atoms with Crippen molar-refractivity contribution in [2.24, 2.45) is 5.73 Å².